The van der Waals surface area contributed by atoms with Crippen LogP contribution in [0.5, 0.6) is 0 Å². The normalized spacial score (nSPS) is 23.7. The predicted octanol–water partition coefficient (Wildman–Crippen LogP) is -0.0240. The van der Waals surface area contributed by atoms with Crippen molar-refractivity contribution in [2.45, 2.75) is 12.8 Å². The summed E-state index contributed by atoms with van der Waals surface area (Å²) < 4.78 is 4.72. The van der Waals surface area contributed by atoms with E-state index in [0.29, 0.717) is 26.1 Å². The highest BCUT2D eigenvalue weighted by molar-refractivity contribution is 5.81. The summed E-state index contributed by atoms with van der Waals surface area (Å²) in [7, 11) is 0. The van der Waals surface area contributed by atoms with Crippen LogP contribution in [0.4, 0.5) is 4.79 Å². The fourth-order valence-electron chi connectivity index (χ4n) is 1.49. The largest absolute Gasteiger partial charge is 0.446 e. The number of nitrogens with zero attached hydrogens (tertiary/aromatic N) is 2. The number of hydrazine groups is 1. The van der Waals surface area contributed by atoms with Crippen LogP contribution in [0.25, 0.3) is 0 Å². The van der Waals surface area contributed by atoms with Gasteiger partial charge >= 0.3 is 6.09 Å². The summed E-state index contributed by atoms with van der Waals surface area (Å²) in [5.74, 6) is 0.0221. The van der Waals surface area contributed by atoms with Gasteiger partial charge in [-0.1, -0.05) is 0 Å². The van der Waals surface area contributed by atoms with E-state index >= 15 is 0 Å². The molecule has 2 saturated heterocycles. The van der Waals surface area contributed by atoms with Gasteiger partial charge in [-0.25, -0.2) is 14.8 Å². The van der Waals surface area contributed by atoms with Crippen molar-refractivity contribution >= 4 is 12.0 Å². The molecule has 2 aliphatic rings. The van der Waals surface area contributed by atoms with E-state index < -0.39 is 6.09 Å². The highest BCUT2D eigenvalue weighted by atomic mass is 16.6. The summed E-state index contributed by atoms with van der Waals surface area (Å²) in [5, 5.41) is 2.87. The number of cyclic esters (lactones) is 1. The zero-order valence-electron chi connectivity index (χ0n) is 6.65. The Hall–Kier alpha value is -1.26. The van der Waals surface area contributed by atoms with E-state index in [1.165, 1.54) is 10.0 Å². The molecule has 0 bridgehead atoms. The highest BCUT2D eigenvalue weighted by Crippen LogP contribution is 2.16. The van der Waals surface area contributed by atoms with Crippen molar-refractivity contribution < 1.29 is 14.3 Å². The van der Waals surface area contributed by atoms with Crippen LogP contribution in [-0.2, 0) is 9.53 Å². The van der Waals surface area contributed by atoms with Crippen molar-refractivity contribution in [3.05, 3.63) is 0 Å². The zero-order chi connectivity index (χ0) is 8.55. The Kier molecular flexibility index (Phi) is 1.64. The Balaban J connectivity index is 2.08. The molecule has 5 heteroatoms. The lowest BCUT2D eigenvalue weighted by atomic mass is 10.4. The molecule has 2 aliphatic heterocycles. The molecule has 5 nitrogen and oxygen atoms in total. The maximum absolute atomic E-state index is 11.2. The summed E-state index contributed by atoms with van der Waals surface area (Å²) >= 11 is 0. The third-order valence-corrected chi connectivity index (χ3v) is 2.08. The molecule has 2 rings (SSSR count). The van der Waals surface area contributed by atoms with Crippen LogP contribution in [0.2, 0.25) is 0 Å². The van der Waals surface area contributed by atoms with Gasteiger partial charge in [-0.05, 0) is 6.42 Å². The van der Waals surface area contributed by atoms with E-state index in [9.17, 15) is 9.59 Å². The van der Waals surface area contributed by atoms with Crippen molar-refractivity contribution in [3.63, 3.8) is 0 Å². The SMILES string of the molecule is O=C1CCCN1N1CCOC1=O. The summed E-state index contributed by atoms with van der Waals surface area (Å²) in [5.41, 5.74) is 0. The van der Waals surface area contributed by atoms with Gasteiger partial charge in [-0.15, -0.1) is 0 Å². The van der Waals surface area contributed by atoms with Crippen LogP contribution >= 0.6 is 0 Å². The van der Waals surface area contributed by atoms with E-state index in [4.69, 9.17) is 4.74 Å². The number of rotatable bonds is 1. The molecule has 2 fully saturated rings. The van der Waals surface area contributed by atoms with E-state index in [1.54, 1.807) is 0 Å². The van der Waals surface area contributed by atoms with E-state index in [2.05, 4.69) is 0 Å². The monoisotopic (exact) mass is 170 g/mol. The lowest BCUT2D eigenvalue weighted by Crippen LogP contribution is -2.43. The minimum Gasteiger partial charge on any atom is -0.446 e. The first-order chi connectivity index (χ1) is 5.79. The third kappa shape index (κ3) is 1.01. The van der Waals surface area contributed by atoms with Gasteiger partial charge in [-0.3, -0.25) is 4.79 Å². The summed E-state index contributed by atoms with van der Waals surface area (Å²) in [4.78, 5) is 22.2. The van der Waals surface area contributed by atoms with Gasteiger partial charge in [0.15, 0.2) is 0 Å². The molecule has 0 aromatic heterocycles. The van der Waals surface area contributed by atoms with Gasteiger partial charge in [0.05, 0.1) is 6.54 Å². The Labute approximate surface area is 69.8 Å². The Morgan fingerprint density at radius 2 is 2.00 bits per heavy atom. The fraction of sp³-hybridized carbons (Fsp3) is 0.714. The van der Waals surface area contributed by atoms with Crippen molar-refractivity contribution in [2.24, 2.45) is 0 Å². The van der Waals surface area contributed by atoms with Crippen molar-refractivity contribution in [1.82, 2.24) is 10.0 Å². The minimum atomic E-state index is -0.398. The first-order valence-electron chi connectivity index (χ1n) is 4.03. The molecule has 12 heavy (non-hydrogen) atoms. The highest BCUT2D eigenvalue weighted by Gasteiger charge is 2.33. The fourth-order valence-corrected chi connectivity index (χ4v) is 1.49. The molecule has 0 aromatic carbocycles. The second kappa shape index (κ2) is 2.66. The summed E-state index contributed by atoms with van der Waals surface area (Å²) in [6.45, 7) is 1.54. The molecule has 0 spiro atoms. The van der Waals surface area contributed by atoms with Crippen LogP contribution < -0.4 is 0 Å². The van der Waals surface area contributed by atoms with Crippen LogP contribution in [0.1, 0.15) is 12.8 Å². The molecule has 2 amide bonds. The zero-order valence-corrected chi connectivity index (χ0v) is 6.65. The summed E-state index contributed by atoms with van der Waals surface area (Å²) in [6, 6.07) is 0. The van der Waals surface area contributed by atoms with Gasteiger partial charge in [0.2, 0.25) is 5.91 Å². The standard InChI is InChI=1S/C7H10N2O3/c10-6-2-1-3-8(6)9-4-5-12-7(9)11/h1-5H2. The Morgan fingerprint density at radius 1 is 1.17 bits per heavy atom. The minimum absolute atomic E-state index is 0.0221. The van der Waals surface area contributed by atoms with Crippen molar-refractivity contribution in [1.29, 1.82) is 0 Å². The molecular weight excluding hydrogens is 160 g/mol. The molecule has 0 N–H and O–H groups in total. The molecule has 66 valence electrons. The van der Waals surface area contributed by atoms with Gasteiger partial charge < -0.3 is 4.74 Å². The van der Waals surface area contributed by atoms with Crippen molar-refractivity contribution in [2.75, 3.05) is 19.7 Å². The van der Waals surface area contributed by atoms with Gasteiger partial charge in [-0.2, -0.15) is 0 Å². The molecule has 0 aromatic rings. The van der Waals surface area contributed by atoms with Crippen LogP contribution in [-0.4, -0.2) is 41.7 Å². The molecular formula is C7H10N2O3. The quantitative estimate of drug-likeness (QED) is 0.555. The number of ether oxygens (including phenoxy) is 1. The maximum Gasteiger partial charge on any atom is 0.429 e. The lowest BCUT2D eigenvalue weighted by molar-refractivity contribution is -0.138. The van der Waals surface area contributed by atoms with Crippen molar-refractivity contribution in [3.8, 4) is 0 Å². The molecule has 0 radical (unpaired) electrons. The predicted molar refractivity (Wildman–Crippen MR) is 39.0 cm³/mol. The van der Waals surface area contributed by atoms with Crippen LogP contribution in [0.3, 0.4) is 0 Å². The lowest BCUT2D eigenvalue weighted by Gasteiger charge is -2.24. The first kappa shape index (κ1) is 7.39. The number of carbonyl (C=O) groups is 2. The second-order valence-electron chi connectivity index (χ2n) is 2.86. The Morgan fingerprint density at radius 3 is 2.50 bits per heavy atom. The van der Waals surface area contributed by atoms with Crippen LogP contribution in [0, 0.1) is 0 Å². The average Bonchev–Trinajstić information content (AvgIpc) is 2.59. The van der Waals surface area contributed by atoms with Gasteiger partial charge in [0.25, 0.3) is 0 Å². The molecule has 0 aliphatic carbocycles. The number of hydrogen-bond acceptors (Lipinski definition) is 3. The molecule has 2 heterocycles. The average molecular weight is 170 g/mol. The molecule has 0 atom stereocenters. The van der Waals surface area contributed by atoms with E-state index in [0.717, 1.165) is 6.42 Å². The smallest absolute Gasteiger partial charge is 0.429 e. The molecule has 0 unspecified atom stereocenters. The van der Waals surface area contributed by atoms with E-state index in [1.807, 2.05) is 0 Å². The number of amides is 2. The van der Waals surface area contributed by atoms with E-state index in [-0.39, 0.29) is 5.91 Å². The Bertz CT molecular complexity index is 205. The van der Waals surface area contributed by atoms with Crippen LogP contribution in [0.15, 0.2) is 0 Å². The maximum atomic E-state index is 11.2. The van der Waals surface area contributed by atoms with Gasteiger partial charge in [0.1, 0.15) is 6.61 Å². The third-order valence-electron chi connectivity index (χ3n) is 2.08. The topological polar surface area (TPSA) is 49.9 Å². The summed E-state index contributed by atoms with van der Waals surface area (Å²) in [6.07, 6.45) is 0.983. The first-order valence-corrected chi connectivity index (χ1v) is 4.03. The second-order valence-corrected chi connectivity index (χ2v) is 2.86. The molecule has 0 saturated carbocycles. The van der Waals surface area contributed by atoms with Gasteiger partial charge in [0, 0.05) is 13.0 Å². The number of hydrogen-bond donors (Lipinski definition) is 0. The number of carbonyl (C=O) groups excluding carboxylic acids is 2.